The third-order valence-electron chi connectivity index (χ3n) is 5.33. The van der Waals surface area contributed by atoms with Gasteiger partial charge in [0.15, 0.2) is 0 Å². The molecule has 1 saturated carbocycles. The van der Waals surface area contributed by atoms with Crippen molar-refractivity contribution in [3.63, 3.8) is 0 Å². The molecule has 0 bridgehead atoms. The topological polar surface area (TPSA) is 82.2 Å². The number of urea groups is 1. The first kappa shape index (κ1) is 20.1. The maximum atomic E-state index is 13.0. The number of benzene rings is 1. The van der Waals surface area contributed by atoms with Crippen molar-refractivity contribution in [3.8, 4) is 5.75 Å². The molecule has 1 N–H and O–H groups in total. The number of amides is 4. The Kier molecular flexibility index (Phi) is 5.60. The lowest BCUT2D eigenvalue weighted by atomic mass is 9.92. The van der Waals surface area contributed by atoms with Crippen LogP contribution in [0, 0.1) is 0 Å². The third-order valence-corrected chi connectivity index (χ3v) is 5.33. The Balaban J connectivity index is 1.72. The number of methoxy groups -OCH3 is 1. The van der Waals surface area contributed by atoms with Gasteiger partial charge in [0.25, 0.3) is 5.91 Å². The van der Waals surface area contributed by atoms with Crippen LogP contribution in [0.3, 0.4) is 0 Å². The lowest BCUT2D eigenvalue weighted by Crippen LogP contribution is -2.46. The molecule has 1 aliphatic carbocycles. The van der Waals surface area contributed by atoms with E-state index >= 15 is 0 Å². The number of nitrogens with zero attached hydrogens (tertiary/aromatic N) is 3. The van der Waals surface area contributed by atoms with Crippen LogP contribution in [0.1, 0.15) is 25.3 Å². The van der Waals surface area contributed by atoms with Gasteiger partial charge in [-0.1, -0.05) is 12.1 Å². The van der Waals surface area contributed by atoms with E-state index in [4.69, 9.17) is 4.74 Å². The van der Waals surface area contributed by atoms with Gasteiger partial charge in [-0.25, -0.2) is 4.79 Å². The Hall–Kier alpha value is -2.61. The van der Waals surface area contributed by atoms with E-state index in [0.29, 0.717) is 17.9 Å². The minimum Gasteiger partial charge on any atom is -0.497 e. The van der Waals surface area contributed by atoms with Gasteiger partial charge >= 0.3 is 6.03 Å². The third kappa shape index (κ3) is 3.96. The molecule has 0 unspecified atom stereocenters. The van der Waals surface area contributed by atoms with Crippen LogP contribution in [0.15, 0.2) is 24.3 Å². The molecule has 1 atom stereocenters. The second-order valence-electron chi connectivity index (χ2n) is 7.80. The largest absolute Gasteiger partial charge is 0.497 e. The summed E-state index contributed by atoms with van der Waals surface area (Å²) in [5, 5.41) is 2.74. The zero-order valence-electron chi connectivity index (χ0n) is 16.9. The molecule has 152 valence electrons. The number of carbonyl (C=O) groups is 3. The van der Waals surface area contributed by atoms with Gasteiger partial charge in [0.1, 0.15) is 17.8 Å². The highest BCUT2D eigenvalue weighted by atomic mass is 16.5. The molecule has 1 aromatic rings. The molecule has 8 heteroatoms. The molecule has 1 aliphatic heterocycles. The summed E-state index contributed by atoms with van der Waals surface area (Å²) < 4.78 is 5.14. The van der Waals surface area contributed by atoms with Crippen LogP contribution >= 0.6 is 0 Å². The highest BCUT2D eigenvalue weighted by Crippen LogP contribution is 2.31. The molecule has 1 heterocycles. The molecule has 8 nitrogen and oxygen atoms in total. The summed E-state index contributed by atoms with van der Waals surface area (Å²) in [6, 6.07) is 6.65. The van der Waals surface area contributed by atoms with Crippen LogP contribution in [-0.2, 0) is 15.1 Å². The molecule has 4 amide bonds. The number of likely N-dealkylation sites (N-methyl/N-ethyl adjacent to an activating group) is 1. The van der Waals surface area contributed by atoms with Crippen molar-refractivity contribution in [3.05, 3.63) is 29.8 Å². The van der Waals surface area contributed by atoms with Crippen LogP contribution < -0.4 is 10.1 Å². The normalized spacial score (nSPS) is 21.8. The summed E-state index contributed by atoms with van der Waals surface area (Å²) in [6.07, 6.45) is 1.95. The fourth-order valence-corrected chi connectivity index (χ4v) is 3.39. The number of carbonyl (C=O) groups excluding carboxylic acids is 3. The zero-order chi connectivity index (χ0) is 20.5. The van der Waals surface area contributed by atoms with E-state index in [9.17, 15) is 14.4 Å². The van der Waals surface area contributed by atoms with E-state index in [-0.39, 0.29) is 18.5 Å². The molecule has 1 aromatic carbocycles. The Bertz CT molecular complexity index is 760. The highest BCUT2D eigenvalue weighted by Gasteiger charge is 2.50. The molecule has 2 fully saturated rings. The van der Waals surface area contributed by atoms with Crippen molar-refractivity contribution in [2.75, 3.05) is 40.8 Å². The number of nitrogens with one attached hydrogen (secondary N) is 1. The molecule has 28 heavy (non-hydrogen) atoms. The van der Waals surface area contributed by atoms with E-state index in [1.165, 1.54) is 0 Å². The Morgan fingerprint density at radius 1 is 1.21 bits per heavy atom. The average molecular weight is 388 g/mol. The van der Waals surface area contributed by atoms with Gasteiger partial charge in [-0.15, -0.1) is 0 Å². The SMILES string of the molecule is COc1ccc([C@@]2(C)NC(=O)N(CC(=O)N(CCN(C)C)C3CC3)C2=O)cc1. The number of rotatable bonds is 8. The van der Waals surface area contributed by atoms with Crippen LogP contribution in [0.4, 0.5) is 4.79 Å². The Labute approximate surface area is 165 Å². The standard InChI is InChI=1S/C20H28N4O4/c1-20(14-5-9-16(28-4)10-6-14)18(26)24(19(27)21-20)13-17(25)23(15-7-8-15)12-11-22(2)3/h5-6,9-10,15H,7-8,11-13H2,1-4H3,(H,21,27)/t20-/m1/s1. The fourth-order valence-electron chi connectivity index (χ4n) is 3.39. The average Bonchev–Trinajstić information content (AvgIpc) is 3.47. The first-order valence-corrected chi connectivity index (χ1v) is 9.49. The first-order chi connectivity index (χ1) is 13.3. The van der Waals surface area contributed by atoms with E-state index < -0.39 is 17.5 Å². The van der Waals surface area contributed by atoms with E-state index in [2.05, 4.69) is 5.32 Å². The van der Waals surface area contributed by atoms with Crippen molar-refractivity contribution >= 4 is 17.8 Å². The van der Waals surface area contributed by atoms with Crippen molar-refractivity contribution in [2.45, 2.75) is 31.3 Å². The highest BCUT2D eigenvalue weighted by molar-refractivity contribution is 6.09. The van der Waals surface area contributed by atoms with Gasteiger partial charge in [-0.2, -0.15) is 0 Å². The van der Waals surface area contributed by atoms with Crippen LogP contribution in [0.25, 0.3) is 0 Å². The summed E-state index contributed by atoms with van der Waals surface area (Å²) in [7, 11) is 5.47. The lowest BCUT2D eigenvalue weighted by Gasteiger charge is -2.26. The smallest absolute Gasteiger partial charge is 0.325 e. The molecule has 3 rings (SSSR count). The summed E-state index contributed by atoms with van der Waals surface area (Å²) in [5.74, 6) is 0.0586. The van der Waals surface area contributed by atoms with E-state index in [1.807, 2.05) is 19.0 Å². The molecule has 0 aromatic heterocycles. The second-order valence-corrected chi connectivity index (χ2v) is 7.80. The number of hydrogen-bond donors (Lipinski definition) is 1. The van der Waals surface area contributed by atoms with Gasteiger partial charge in [-0.05, 0) is 51.6 Å². The molecular weight excluding hydrogens is 360 g/mol. The van der Waals surface area contributed by atoms with Gasteiger partial charge in [-0.3, -0.25) is 14.5 Å². The van der Waals surface area contributed by atoms with Crippen molar-refractivity contribution in [2.24, 2.45) is 0 Å². The van der Waals surface area contributed by atoms with Gasteiger partial charge in [0.05, 0.1) is 7.11 Å². The molecule has 0 radical (unpaired) electrons. The molecule has 0 spiro atoms. The molecular formula is C20H28N4O4. The number of ether oxygens (including phenoxy) is 1. The van der Waals surface area contributed by atoms with Crippen LogP contribution in [0.5, 0.6) is 5.75 Å². The van der Waals surface area contributed by atoms with Crippen molar-refractivity contribution in [1.82, 2.24) is 20.0 Å². The van der Waals surface area contributed by atoms with Crippen molar-refractivity contribution in [1.29, 1.82) is 0 Å². The van der Waals surface area contributed by atoms with Crippen LogP contribution in [0.2, 0.25) is 0 Å². The van der Waals surface area contributed by atoms with Gasteiger partial charge in [0, 0.05) is 19.1 Å². The fraction of sp³-hybridized carbons (Fsp3) is 0.550. The minimum atomic E-state index is -1.20. The maximum absolute atomic E-state index is 13.0. The molecule has 1 saturated heterocycles. The monoisotopic (exact) mass is 388 g/mol. The lowest BCUT2D eigenvalue weighted by molar-refractivity contribution is -0.139. The number of imide groups is 1. The predicted molar refractivity (Wildman–Crippen MR) is 104 cm³/mol. The quantitative estimate of drug-likeness (QED) is 0.673. The van der Waals surface area contributed by atoms with Crippen molar-refractivity contribution < 1.29 is 19.1 Å². The van der Waals surface area contributed by atoms with E-state index in [0.717, 1.165) is 24.3 Å². The summed E-state index contributed by atoms with van der Waals surface area (Å²) in [4.78, 5) is 43.2. The Morgan fingerprint density at radius 3 is 2.39 bits per heavy atom. The predicted octanol–water partition coefficient (Wildman–Crippen LogP) is 1.01. The number of hydrogen-bond acceptors (Lipinski definition) is 5. The van der Waals surface area contributed by atoms with Gasteiger partial charge in [0.2, 0.25) is 5.91 Å². The molecule has 2 aliphatic rings. The summed E-state index contributed by atoms with van der Waals surface area (Å²) in [5.41, 5.74) is -0.550. The maximum Gasteiger partial charge on any atom is 0.325 e. The van der Waals surface area contributed by atoms with E-state index in [1.54, 1.807) is 43.2 Å². The Morgan fingerprint density at radius 2 is 1.86 bits per heavy atom. The zero-order valence-corrected chi connectivity index (χ0v) is 16.9. The summed E-state index contributed by atoms with van der Waals surface area (Å²) in [6.45, 7) is 2.76. The second kappa shape index (κ2) is 7.79. The minimum absolute atomic E-state index is 0.188. The van der Waals surface area contributed by atoms with Crippen LogP contribution in [-0.4, -0.2) is 79.4 Å². The summed E-state index contributed by atoms with van der Waals surface area (Å²) >= 11 is 0. The van der Waals surface area contributed by atoms with Gasteiger partial charge < -0.3 is 19.9 Å². The first-order valence-electron chi connectivity index (χ1n) is 9.49.